The van der Waals surface area contributed by atoms with Crippen LogP contribution in [0, 0.1) is 23.7 Å². The quantitative estimate of drug-likeness (QED) is 0.566. The molecule has 1 N–H and O–H groups in total. The van der Waals surface area contributed by atoms with Gasteiger partial charge in [-0.15, -0.1) is 0 Å². The summed E-state index contributed by atoms with van der Waals surface area (Å²) in [5.41, 5.74) is 4.47. The lowest BCUT2D eigenvalue weighted by Crippen LogP contribution is -2.41. The molecule has 2 bridgehead atoms. The predicted molar refractivity (Wildman–Crippen MR) is 118 cm³/mol. The predicted octanol–water partition coefficient (Wildman–Crippen LogP) is 7.13. The van der Waals surface area contributed by atoms with E-state index in [1.165, 1.54) is 0 Å². The molecule has 29 heavy (non-hydrogen) atoms. The van der Waals surface area contributed by atoms with Crippen LogP contribution < -0.4 is 0 Å². The van der Waals surface area contributed by atoms with Gasteiger partial charge in [-0.3, -0.25) is 4.79 Å². The monoisotopic (exact) mass is 426 g/mol. The van der Waals surface area contributed by atoms with Gasteiger partial charge < -0.3 is 5.11 Å². The summed E-state index contributed by atoms with van der Waals surface area (Å²) in [5, 5.41) is 12.2. The molecule has 150 valence electrons. The average Bonchev–Trinajstić information content (AvgIpc) is 3.03. The number of aliphatic hydroxyl groups excluding tert-OH is 1. The van der Waals surface area contributed by atoms with Crippen LogP contribution in [0.1, 0.15) is 43.7 Å². The van der Waals surface area contributed by atoms with Crippen LogP contribution >= 0.6 is 23.2 Å². The van der Waals surface area contributed by atoms with E-state index in [9.17, 15) is 9.90 Å². The Balaban J connectivity index is 1.63. The van der Waals surface area contributed by atoms with Gasteiger partial charge in [-0.05, 0) is 84.4 Å². The van der Waals surface area contributed by atoms with Gasteiger partial charge >= 0.3 is 0 Å². The maximum atomic E-state index is 13.5. The highest BCUT2D eigenvalue weighted by atomic mass is 35.5. The van der Waals surface area contributed by atoms with E-state index in [0.29, 0.717) is 33.2 Å². The van der Waals surface area contributed by atoms with Gasteiger partial charge in [0.25, 0.3) is 0 Å². The standard InChI is InChI=1S/C25H24Cl2O2/c1-2-13-3-8-16(17-9-10-19(26)20(27)12-17)11-18(13)23-24(28)21-14-4-5-15(7-6-14)22(21)25(23)29/h3,8-12,14-15,21-22,28H,2,4-7H2,1H3/t14?,15?,21-,22+/m0/s1. The van der Waals surface area contributed by atoms with Crippen molar-refractivity contribution in [2.24, 2.45) is 23.7 Å². The molecule has 0 spiro atoms. The van der Waals surface area contributed by atoms with E-state index >= 15 is 0 Å². The molecule has 4 aliphatic carbocycles. The Labute approximate surface area is 181 Å². The van der Waals surface area contributed by atoms with Crippen molar-refractivity contribution in [1.82, 2.24) is 0 Å². The van der Waals surface area contributed by atoms with Crippen molar-refractivity contribution in [3.63, 3.8) is 0 Å². The largest absolute Gasteiger partial charge is 0.511 e. The van der Waals surface area contributed by atoms with Crippen molar-refractivity contribution in [2.45, 2.75) is 39.0 Å². The van der Waals surface area contributed by atoms with Gasteiger partial charge in [0.2, 0.25) is 0 Å². The molecule has 2 aromatic rings. The van der Waals surface area contributed by atoms with Crippen LogP contribution in [0.15, 0.2) is 42.2 Å². The molecule has 0 heterocycles. The number of carbonyl (C=O) groups is 1. The molecule has 2 nitrogen and oxygen atoms in total. The number of carbonyl (C=O) groups excluding carboxylic acids is 1. The number of allylic oxidation sites excluding steroid dienone is 2. The molecule has 4 heteroatoms. The van der Waals surface area contributed by atoms with E-state index in [-0.39, 0.29) is 17.6 Å². The van der Waals surface area contributed by atoms with E-state index < -0.39 is 0 Å². The fourth-order valence-electron chi connectivity index (χ4n) is 5.92. The number of hydrogen-bond acceptors (Lipinski definition) is 2. The van der Waals surface area contributed by atoms with E-state index in [1.807, 2.05) is 18.2 Å². The summed E-state index contributed by atoms with van der Waals surface area (Å²) in [6.07, 6.45) is 5.34. The number of halogens is 2. The summed E-state index contributed by atoms with van der Waals surface area (Å²) in [6, 6.07) is 11.7. The van der Waals surface area contributed by atoms with Crippen LogP contribution in [0.5, 0.6) is 0 Å². The Morgan fingerprint density at radius 3 is 2.14 bits per heavy atom. The first-order valence-electron chi connectivity index (χ1n) is 10.6. The van der Waals surface area contributed by atoms with E-state index in [1.54, 1.807) is 6.07 Å². The van der Waals surface area contributed by atoms with Crippen LogP contribution in [-0.4, -0.2) is 10.9 Å². The lowest BCUT2D eigenvalue weighted by Gasteiger charge is -2.44. The molecule has 0 aliphatic heterocycles. The highest BCUT2D eigenvalue weighted by Gasteiger charge is 2.54. The number of hydrogen-bond donors (Lipinski definition) is 1. The minimum absolute atomic E-state index is 0.0177. The molecule has 4 aliphatic rings. The van der Waals surface area contributed by atoms with Gasteiger partial charge in [0.05, 0.1) is 15.6 Å². The minimum Gasteiger partial charge on any atom is -0.511 e. The zero-order valence-electron chi connectivity index (χ0n) is 16.4. The van der Waals surface area contributed by atoms with Gasteiger partial charge in [0.1, 0.15) is 5.76 Å². The Morgan fingerprint density at radius 1 is 0.897 bits per heavy atom. The van der Waals surface area contributed by atoms with Crippen LogP contribution in [0.25, 0.3) is 16.7 Å². The average molecular weight is 427 g/mol. The molecular weight excluding hydrogens is 403 g/mol. The van der Waals surface area contributed by atoms with Crippen molar-refractivity contribution in [1.29, 1.82) is 0 Å². The van der Waals surface area contributed by atoms with Crippen molar-refractivity contribution < 1.29 is 9.90 Å². The Kier molecular flexibility index (Phi) is 4.75. The smallest absolute Gasteiger partial charge is 0.170 e. The molecule has 0 saturated heterocycles. The number of rotatable bonds is 3. The van der Waals surface area contributed by atoms with Gasteiger partial charge in [0.15, 0.2) is 5.78 Å². The summed E-state index contributed by atoms with van der Waals surface area (Å²) < 4.78 is 0. The van der Waals surface area contributed by atoms with Gasteiger partial charge in [-0.1, -0.05) is 48.3 Å². The summed E-state index contributed by atoms with van der Waals surface area (Å²) in [7, 11) is 0. The summed E-state index contributed by atoms with van der Waals surface area (Å²) in [6.45, 7) is 2.09. The number of ketones is 1. The van der Waals surface area contributed by atoms with Crippen LogP contribution in [0.3, 0.4) is 0 Å². The molecule has 6 rings (SSSR count). The molecule has 0 aromatic heterocycles. The maximum absolute atomic E-state index is 13.5. The topological polar surface area (TPSA) is 37.3 Å². The molecule has 3 saturated carbocycles. The van der Waals surface area contributed by atoms with Gasteiger partial charge in [-0.2, -0.15) is 0 Å². The van der Waals surface area contributed by atoms with Crippen molar-refractivity contribution in [3.8, 4) is 11.1 Å². The second kappa shape index (κ2) is 7.18. The second-order valence-corrected chi connectivity index (χ2v) is 9.52. The summed E-state index contributed by atoms with van der Waals surface area (Å²) in [4.78, 5) is 13.5. The number of Topliss-reactive ketones (excluding diaryl/α,β-unsaturated/α-hetero) is 1. The zero-order valence-corrected chi connectivity index (χ0v) is 17.9. The normalized spacial score (nSPS) is 28.2. The fourth-order valence-corrected chi connectivity index (χ4v) is 6.22. The minimum atomic E-state index is -0.0177. The van der Waals surface area contributed by atoms with Crippen molar-refractivity contribution in [2.75, 3.05) is 0 Å². The highest BCUT2D eigenvalue weighted by molar-refractivity contribution is 6.42. The van der Waals surface area contributed by atoms with Crippen molar-refractivity contribution in [3.05, 3.63) is 63.3 Å². The SMILES string of the molecule is CCc1ccc(-c2ccc(Cl)c(Cl)c2)cc1C1=C(O)[C@H]2C3CCC(CC3)[C@H]2C1=O. The summed E-state index contributed by atoms with van der Waals surface area (Å²) in [5.74, 6) is 1.40. The number of aryl methyl sites for hydroxylation is 1. The first-order valence-corrected chi connectivity index (χ1v) is 11.3. The van der Waals surface area contributed by atoms with Crippen molar-refractivity contribution >= 4 is 34.6 Å². The number of aliphatic hydroxyl groups is 1. The van der Waals surface area contributed by atoms with E-state index in [4.69, 9.17) is 23.2 Å². The van der Waals surface area contributed by atoms with Gasteiger partial charge in [-0.25, -0.2) is 0 Å². The number of benzene rings is 2. The molecule has 2 aromatic carbocycles. The third-order valence-electron chi connectivity index (χ3n) is 7.35. The first kappa shape index (κ1) is 19.2. The fraction of sp³-hybridized carbons (Fsp3) is 0.400. The third-order valence-corrected chi connectivity index (χ3v) is 8.09. The molecule has 0 radical (unpaired) electrons. The van der Waals surface area contributed by atoms with E-state index in [0.717, 1.165) is 54.4 Å². The Hall–Kier alpha value is -1.77. The molecule has 3 fully saturated rings. The molecule has 0 unspecified atom stereocenters. The van der Waals surface area contributed by atoms with Crippen LogP contribution in [0.2, 0.25) is 10.0 Å². The Bertz CT molecular complexity index is 1030. The molecular formula is C25H24Cl2O2. The zero-order chi connectivity index (χ0) is 20.3. The van der Waals surface area contributed by atoms with E-state index in [2.05, 4.69) is 19.1 Å². The molecule has 0 amide bonds. The lowest BCUT2D eigenvalue weighted by atomic mass is 9.59. The second-order valence-electron chi connectivity index (χ2n) is 8.71. The third kappa shape index (κ3) is 2.95. The maximum Gasteiger partial charge on any atom is 0.170 e. The van der Waals surface area contributed by atoms with Crippen LogP contribution in [-0.2, 0) is 11.2 Å². The van der Waals surface area contributed by atoms with Gasteiger partial charge in [0, 0.05) is 11.8 Å². The first-order chi connectivity index (χ1) is 14.0. The van der Waals surface area contributed by atoms with Crippen LogP contribution in [0.4, 0.5) is 0 Å². The highest BCUT2D eigenvalue weighted by Crippen LogP contribution is 2.57. The molecule has 2 atom stereocenters. The number of fused-ring (bicyclic) bond motifs is 2. The lowest BCUT2D eigenvalue weighted by molar-refractivity contribution is -0.123. The summed E-state index contributed by atoms with van der Waals surface area (Å²) >= 11 is 12.3. The Morgan fingerprint density at radius 2 is 1.52 bits per heavy atom.